The van der Waals surface area contributed by atoms with E-state index in [1.54, 1.807) is 0 Å². The lowest BCUT2D eigenvalue weighted by molar-refractivity contribution is 0.0946. The fourth-order valence-electron chi connectivity index (χ4n) is 1.65. The van der Waals surface area contributed by atoms with E-state index in [9.17, 15) is 4.79 Å². The third-order valence-corrected chi connectivity index (χ3v) is 2.92. The summed E-state index contributed by atoms with van der Waals surface area (Å²) >= 11 is 0. The van der Waals surface area contributed by atoms with Crippen LogP contribution in [0.1, 0.15) is 55.0 Å². The minimum absolute atomic E-state index is 0.171. The van der Waals surface area contributed by atoms with Crippen LogP contribution in [0.25, 0.3) is 0 Å². The third-order valence-electron chi connectivity index (χ3n) is 2.92. The predicted octanol–water partition coefficient (Wildman–Crippen LogP) is 1.61. The van der Waals surface area contributed by atoms with Gasteiger partial charge < -0.3 is 15.5 Å². The molecule has 1 heterocycles. The number of rotatable bonds is 6. The van der Waals surface area contributed by atoms with E-state index in [4.69, 9.17) is 10.2 Å². The average molecular weight is 237 g/mol. The standard InChI is InChI=1S/C12H19N3O2/c1-2-3-9(13)12-15-10(7-17-12)11(16)14-6-8-4-5-8/h7-9H,2-6,13H2,1H3,(H,14,16). The molecule has 1 aromatic heterocycles. The van der Waals surface area contributed by atoms with Gasteiger partial charge in [0.1, 0.15) is 6.26 Å². The fourth-order valence-corrected chi connectivity index (χ4v) is 1.65. The summed E-state index contributed by atoms with van der Waals surface area (Å²) in [5.41, 5.74) is 6.19. The van der Waals surface area contributed by atoms with Crippen molar-refractivity contribution in [1.29, 1.82) is 0 Å². The third kappa shape index (κ3) is 3.30. The molecule has 5 nitrogen and oxygen atoms in total. The summed E-state index contributed by atoms with van der Waals surface area (Å²) in [5, 5.41) is 2.84. The zero-order chi connectivity index (χ0) is 12.3. The largest absolute Gasteiger partial charge is 0.446 e. The second-order valence-electron chi connectivity index (χ2n) is 4.62. The van der Waals surface area contributed by atoms with Crippen LogP contribution in [0.3, 0.4) is 0 Å². The minimum Gasteiger partial charge on any atom is -0.446 e. The minimum atomic E-state index is -0.218. The topological polar surface area (TPSA) is 81.1 Å². The second-order valence-corrected chi connectivity index (χ2v) is 4.62. The van der Waals surface area contributed by atoms with Crippen LogP contribution in [0.4, 0.5) is 0 Å². The van der Waals surface area contributed by atoms with Gasteiger partial charge in [0.15, 0.2) is 5.69 Å². The molecule has 1 saturated carbocycles. The van der Waals surface area contributed by atoms with Crippen LogP contribution >= 0.6 is 0 Å². The quantitative estimate of drug-likeness (QED) is 0.787. The van der Waals surface area contributed by atoms with Crippen molar-refractivity contribution in [2.75, 3.05) is 6.54 Å². The lowest BCUT2D eigenvalue weighted by Crippen LogP contribution is -2.26. The number of aromatic nitrogens is 1. The number of nitrogens with one attached hydrogen (secondary N) is 1. The summed E-state index contributed by atoms with van der Waals surface area (Å²) < 4.78 is 5.23. The molecule has 1 aromatic rings. The Balaban J connectivity index is 1.89. The zero-order valence-electron chi connectivity index (χ0n) is 10.1. The Labute approximate surface area is 101 Å². The first-order valence-corrected chi connectivity index (χ1v) is 6.20. The number of amides is 1. The number of hydrogen-bond acceptors (Lipinski definition) is 4. The molecule has 17 heavy (non-hydrogen) atoms. The van der Waals surface area contributed by atoms with Gasteiger partial charge in [-0.3, -0.25) is 4.79 Å². The normalized spacial score (nSPS) is 16.8. The summed E-state index contributed by atoms with van der Waals surface area (Å²) in [7, 11) is 0. The Hall–Kier alpha value is -1.36. The highest BCUT2D eigenvalue weighted by Gasteiger charge is 2.23. The maximum atomic E-state index is 11.7. The summed E-state index contributed by atoms with van der Waals surface area (Å²) in [5.74, 6) is 0.937. The van der Waals surface area contributed by atoms with Crippen LogP contribution in [-0.4, -0.2) is 17.4 Å². The Kier molecular flexibility index (Phi) is 3.78. The monoisotopic (exact) mass is 237 g/mol. The molecule has 94 valence electrons. The van der Waals surface area contributed by atoms with Crippen LogP contribution in [0.15, 0.2) is 10.7 Å². The van der Waals surface area contributed by atoms with Crippen molar-refractivity contribution in [3.8, 4) is 0 Å². The van der Waals surface area contributed by atoms with Crippen LogP contribution in [0.5, 0.6) is 0 Å². The molecule has 0 radical (unpaired) electrons. The molecule has 1 unspecified atom stereocenters. The van der Waals surface area contributed by atoms with Crippen molar-refractivity contribution >= 4 is 5.91 Å². The highest BCUT2D eigenvalue weighted by atomic mass is 16.3. The zero-order valence-corrected chi connectivity index (χ0v) is 10.1. The Bertz CT molecular complexity index is 385. The van der Waals surface area contributed by atoms with Gasteiger partial charge in [0.2, 0.25) is 5.89 Å². The van der Waals surface area contributed by atoms with Crippen molar-refractivity contribution in [3.63, 3.8) is 0 Å². The molecule has 0 aromatic carbocycles. The Morgan fingerprint density at radius 3 is 3.12 bits per heavy atom. The van der Waals surface area contributed by atoms with Gasteiger partial charge in [-0.15, -0.1) is 0 Å². The van der Waals surface area contributed by atoms with Gasteiger partial charge in [0.05, 0.1) is 6.04 Å². The molecule has 1 aliphatic rings. The van der Waals surface area contributed by atoms with E-state index in [0.29, 0.717) is 17.5 Å². The molecule has 3 N–H and O–H groups in total. The van der Waals surface area contributed by atoms with E-state index >= 15 is 0 Å². The van der Waals surface area contributed by atoms with Crippen molar-refractivity contribution in [3.05, 3.63) is 17.8 Å². The molecule has 0 aliphatic heterocycles. The first-order valence-electron chi connectivity index (χ1n) is 6.20. The van der Waals surface area contributed by atoms with Crippen LogP contribution in [0.2, 0.25) is 0 Å². The number of oxazole rings is 1. The van der Waals surface area contributed by atoms with Crippen molar-refractivity contribution in [2.24, 2.45) is 11.7 Å². The molecular weight excluding hydrogens is 218 g/mol. The van der Waals surface area contributed by atoms with Crippen molar-refractivity contribution < 1.29 is 9.21 Å². The summed E-state index contributed by atoms with van der Waals surface area (Å²) in [6, 6.07) is -0.218. The van der Waals surface area contributed by atoms with Crippen LogP contribution < -0.4 is 11.1 Å². The maximum Gasteiger partial charge on any atom is 0.273 e. The van der Waals surface area contributed by atoms with Gasteiger partial charge in [-0.25, -0.2) is 4.98 Å². The number of nitrogens with zero attached hydrogens (tertiary/aromatic N) is 1. The van der Waals surface area contributed by atoms with Gasteiger partial charge in [0.25, 0.3) is 5.91 Å². The summed E-state index contributed by atoms with van der Waals surface area (Å²) in [4.78, 5) is 15.8. The van der Waals surface area contributed by atoms with Crippen molar-refractivity contribution in [1.82, 2.24) is 10.3 Å². The maximum absolute atomic E-state index is 11.7. The smallest absolute Gasteiger partial charge is 0.273 e. The highest BCUT2D eigenvalue weighted by molar-refractivity contribution is 5.91. The van der Waals surface area contributed by atoms with E-state index in [2.05, 4.69) is 10.3 Å². The molecule has 1 fully saturated rings. The van der Waals surface area contributed by atoms with Gasteiger partial charge in [-0.05, 0) is 25.2 Å². The molecule has 5 heteroatoms. The Morgan fingerprint density at radius 1 is 1.71 bits per heavy atom. The number of hydrogen-bond donors (Lipinski definition) is 2. The molecule has 0 spiro atoms. The first-order chi connectivity index (χ1) is 8.20. The van der Waals surface area contributed by atoms with E-state index in [1.165, 1.54) is 19.1 Å². The second kappa shape index (κ2) is 5.31. The average Bonchev–Trinajstić information content (AvgIpc) is 3.01. The summed E-state index contributed by atoms with van der Waals surface area (Å²) in [6.45, 7) is 2.79. The predicted molar refractivity (Wildman–Crippen MR) is 63.4 cm³/mol. The van der Waals surface area contributed by atoms with E-state index in [0.717, 1.165) is 19.4 Å². The molecule has 2 rings (SSSR count). The Morgan fingerprint density at radius 2 is 2.47 bits per heavy atom. The fraction of sp³-hybridized carbons (Fsp3) is 0.667. The molecular formula is C12H19N3O2. The molecule has 0 bridgehead atoms. The van der Waals surface area contributed by atoms with E-state index in [-0.39, 0.29) is 11.9 Å². The van der Waals surface area contributed by atoms with Gasteiger partial charge in [-0.1, -0.05) is 13.3 Å². The highest BCUT2D eigenvalue weighted by Crippen LogP contribution is 2.27. The molecule has 0 saturated heterocycles. The van der Waals surface area contributed by atoms with Crippen LogP contribution in [-0.2, 0) is 0 Å². The number of carbonyl (C=O) groups excluding carboxylic acids is 1. The van der Waals surface area contributed by atoms with Gasteiger partial charge in [0, 0.05) is 6.54 Å². The number of carbonyl (C=O) groups is 1. The lowest BCUT2D eigenvalue weighted by Gasteiger charge is -2.03. The number of nitrogens with two attached hydrogens (primary N) is 1. The lowest BCUT2D eigenvalue weighted by atomic mass is 10.2. The van der Waals surface area contributed by atoms with E-state index in [1.807, 2.05) is 6.92 Å². The van der Waals surface area contributed by atoms with Crippen molar-refractivity contribution in [2.45, 2.75) is 38.6 Å². The summed E-state index contributed by atoms with van der Waals surface area (Å²) in [6.07, 6.45) is 5.58. The molecule has 1 amide bonds. The molecule has 1 aliphatic carbocycles. The molecule has 1 atom stereocenters. The first kappa shape index (κ1) is 12.1. The SMILES string of the molecule is CCCC(N)c1nc(C(=O)NCC2CC2)co1. The van der Waals surface area contributed by atoms with Crippen LogP contribution in [0, 0.1) is 5.92 Å². The van der Waals surface area contributed by atoms with E-state index < -0.39 is 0 Å². The van der Waals surface area contributed by atoms with Gasteiger partial charge in [-0.2, -0.15) is 0 Å². The van der Waals surface area contributed by atoms with Gasteiger partial charge >= 0.3 is 0 Å².